The van der Waals surface area contributed by atoms with Crippen molar-refractivity contribution >= 4 is 15.7 Å². The van der Waals surface area contributed by atoms with E-state index in [1.54, 1.807) is 17.5 Å². The molecule has 26 heavy (non-hydrogen) atoms. The van der Waals surface area contributed by atoms with E-state index in [2.05, 4.69) is 4.90 Å². The van der Waals surface area contributed by atoms with E-state index in [1.807, 2.05) is 43.4 Å². The number of benzene rings is 2. The van der Waals surface area contributed by atoms with Gasteiger partial charge in [0.15, 0.2) is 0 Å². The molecule has 0 amide bonds. The Bertz CT molecular complexity index is 926. The molecule has 2 aliphatic heterocycles. The Morgan fingerprint density at radius 3 is 2.77 bits per heavy atom. The number of nitrogens with zero attached hydrogens (tertiary/aromatic N) is 2. The van der Waals surface area contributed by atoms with Crippen LogP contribution in [-0.2, 0) is 16.4 Å². The maximum atomic E-state index is 13.4. The van der Waals surface area contributed by atoms with Crippen molar-refractivity contribution in [3.8, 4) is 5.75 Å². The molecule has 5 nitrogen and oxygen atoms in total. The highest BCUT2D eigenvalue weighted by Gasteiger charge is 2.36. The summed E-state index contributed by atoms with van der Waals surface area (Å²) in [6.07, 6.45) is 2.67. The van der Waals surface area contributed by atoms with Gasteiger partial charge in [-0.25, -0.2) is 8.42 Å². The minimum Gasteiger partial charge on any atom is -0.497 e. The van der Waals surface area contributed by atoms with Crippen LogP contribution in [0.15, 0.2) is 47.4 Å². The molecule has 1 saturated heterocycles. The molecule has 6 heteroatoms. The van der Waals surface area contributed by atoms with Crippen LogP contribution in [0.1, 0.15) is 30.0 Å². The molecule has 2 aliphatic rings. The highest BCUT2D eigenvalue weighted by molar-refractivity contribution is 7.89. The Labute approximate surface area is 155 Å². The Hall–Kier alpha value is -2.05. The third-order valence-electron chi connectivity index (χ3n) is 5.47. The van der Waals surface area contributed by atoms with E-state index in [0.29, 0.717) is 11.4 Å². The molecule has 1 atom stereocenters. The molecule has 0 unspecified atom stereocenters. The third-order valence-corrected chi connectivity index (χ3v) is 7.38. The maximum Gasteiger partial charge on any atom is 0.243 e. The Morgan fingerprint density at radius 1 is 1.12 bits per heavy atom. The van der Waals surface area contributed by atoms with Gasteiger partial charge in [0.2, 0.25) is 10.0 Å². The van der Waals surface area contributed by atoms with E-state index in [0.717, 1.165) is 42.8 Å². The summed E-state index contributed by atoms with van der Waals surface area (Å²) in [7, 11) is 0.105. The highest BCUT2D eigenvalue weighted by Crippen LogP contribution is 2.39. The van der Waals surface area contributed by atoms with E-state index < -0.39 is 10.0 Å². The van der Waals surface area contributed by atoms with Gasteiger partial charge in [-0.05, 0) is 54.7 Å². The van der Waals surface area contributed by atoms with Crippen LogP contribution in [0.5, 0.6) is 5.75 Å². The number of likely N-dealkylation sites (N-methyl/N-ethyl adjacent to an activating group) is 1. The topological polar surface area (TPSA) is 49.9 Å². The SMILES string of the molecule is COc1cccc([C@@H]2CCCN2S(=O)(=O)c2ccc3c(c2)N(C)CC3)c1. The van der Waals surface area contributed by atoms with Crippen molar-refractivity contribution in [3.63, 3.8) is 0 Å². The number of anilines is 1. The fraction of sp³-hybridized carbons (Fsp3) is 0.400. The molecule has 0 N–H and O–H groups in total. The zero-order valence-electron chi connectivity index (χ0n) is 15.2. The van der Waals surface area contributed by atoms with Gasteiger partial charge in [0.1, 0.15) is 5.75 Å². The van der Waals surface area contributed by atoms with E-state index in [-0.39, 0.29) is 6.04 Å². The number of rotatable bonds is 4. The van der Waals surface area contributed by atoms with E-state index >= 15 is 0 Å². The summed E-state index contributed by atoms with van der Waals surface area (Å²) in [5.74, 6) is 0.755. The standard InChI is InChI=1S/C20H24N2O3S/c1-21-12-10-15-8-9-18(14-20(15)21)26(23,24)22-11-4-7-19(22)16-5-3-6-17(13-16)25-2/h3,5-6,8-9,13-14,19H,4,7,10-12H2,1-2H3/t19-/m0/s1. The van der Waals surface area contributed by atoms with Gasteiger partial charge >= 0.3 is 0 Å². The van der Waals surface area contributed by atoms with Crippen LogP contribution >= 0.6 is 0 Å². The third kappa shape index (κ3) is 2.87. The Morgan fingerprint density at radius 2 is 1.96 bits per heavy atom. The summed E-state index contributed by atoms with van der Waals surface area (Å²) in [6.45, 7) is 1.49. The molecule has 0 radical (unpaired) electrons. The number of fused-ring (bicyclic) bond motifs is 1. The van der Waals surface area contributed by atoms with Crippen molar-refractivity contribution in [3.05, 3.63) is 53.6 Å². The molecule has 4 rings (SSSR count). The lowest BCUT2D eigenvalue weighted by atomic mass is 10.1. The number of sulfonamides is 1. The fourth-order valence-electron chi connectivity index (χ4n) is 4.02. The lowest BCUT2D eigenvalue weighted by Crippen LogP contribution is -2.30. The summed E-state index contributed by atoms with van der Waals surface area (Å²) in [5, 5.41) is 0. The molecule has 0 aromatic heterocycles. The average molecular weight is 372 g/mol. The van der Waals surface area contributed by atoms with Gasteiger partial charge in [-0.1, -0.05) is 18.2 Å². The van der Waals surface area contributed by atoms with Gasteiger partial charge in [0, 0.05) is 25.8 Å². The van der Waals surface area contributed by atoms with E-state index in [4.69, 9.17) is 4.74 Å². The number of methoxy groups -OCH3 is 1. The first kappa shape index (κ1) is 17.4. The second-order valence-electron chi connectivity index (χ2n) is 7.01. The van der Waals surface area contributed by atoms with E-state index in [1.165, 1.54) is 5.56 Å². The van der Waals surface area contributed by atoms with Crippen LogP contribution < -0.4 is 9.64 Å². The van der Waals surface area contributed by atoms with Gasteiger partial charge in [-0.15, -0.1) is 0 Å². The molecule has 2 aromatic rings. The summed E-state index contributed by atoms with van der Waals surface area (Å²) in [5.41, 5.74) is 3.24. The summed E-state index contributed by atoms with van der Waals surface area (Å²) < 4.78 is 33.7. The molecule has 0 aliphatic carbocycles. The average Bonchev–Trinajstić information content (AvgIpc) is 3.29. The first-order valence-corrected chi connectivity index (χ1v) is 10.4. The zero-order valence-corrected chi connectivity index (χ0v) is 16.0. The highest BCUT2D eigenvalue weighted by atomic mass is 32.2. The number of hydrogen-bond acceptors (Lipinski definition) is 4. The molecule has 138 valence electrons. The van der Waals surface area contributed by atoms with Gasteiger partial charge < -0.3 is 9.64 Å². The first-order chi connectivity index (χ1) is 12.5. The maximum absolute atomic E-state index is 13.4. The Balaban J connectivity index is 1.70. The molecule has 1 fully saturated rings. The lowest BCUT2D eigenvalue weighted by Gasteiger charge is -2.25. The molecule has 2 heterocycles. The zero-order chi connectivity index (χ0) is 18.3. The summed E-state index contributed by atoms with van der Waals surface area (Å²) in [4.78, 5) is 2.51. The minimum atomic E-state index is -3.53. The smallest absolute Gasteiger partial charge is 0.243 e. The van der Waals surface area contributed by atoms with Gasteiger partial charge in [0.05, 0.1) is 18.0 Å². The first-order valence-electron chi connectivity index (χ1n) is 9.00. The van der Waals surface area contributed by atoms with Crippen LogP contribution in [-0.4, -0.2) is 40.0 Å². The lowest BCUT2D eigenvalue weighted by molar-refractivity contribution is 0.390. The van der Waals surface area contributed by atoms with Crippen molar-refractivity contribution in [2.45, 2.75) is 30.2 Å². The van der Waals surface area contributed by atoms with Gasteiger partial charge in [-0.2, -0.15) is 4.31 Å². The fourth-order valence-corrected chi connectivity index (χ4v) is 5.73. The van der Waals surface area contributed by atoms with Gasteiger partial charge in [0.25, 0.3) is 0 Å². The van der Waals surface area contributed by atoms with Crippen molar-refractivity contribution in [2.75, 3.05) is 32.1 Å². The Kier molecular flexibility index (Phi) is 4.40. The monoisotopic (exact) mass is 372 g/mol. The number of ether oxygens (including phenoxy) is 1. The second-order valence-corrected chi connectivity index (χ2v) is 8.90. The van der Waals surface area contributed by atoms with Crippen molar-refractivity contribution in [1.29, 1.82) is 0 Å². The summed E-state index contributed by atoms with van der Waals surface area (Å²) in [6, 6.07) is 13.1. The minimum absolute atomic E-state index is 0.138. The predicted octanol–water partition coefficient (Wildman–Crippen LogP) is 3.21. The molecule has 0 spiro atoms. The van der Waals surface area contributed by atoms with Crippen molar-refractivity contribution in [1.82, 2.24) is 4.31 Å². The quantitative estimate of drug-likeness (QED) is 0.827. The predicted molar refractivity (Wildman–Crippen MR) is 102 cm³/mol. The molecular weight excluding hydrogens is 348 g/mol. The molecular formula is C20H24N2O3S. The second kappa shape index (κ2) is 6.59. The van der Waals surface area contributed by atoms with Gasteiger partial charge in [-0.3, -0.25) is 0 Å². The van der Waals surface area contributed by atoms with Crippen LogP contribution in [0.2, 0.25) is 0 Å². The normalized spacial score (nSPS) is 20.4. The summed E-state index contributed by atoms with van der Waals surface area (Å²) >= 11 is 0. The van der Waals surface area contributed by atoms with Crippen molar-refractivity contribution in [2.24, 2.45) is 0 Å². The van der Waals surface area contributed by atoms with Crippen LogP contribution in [0.25, 0.3) is 0 Å². The van der Waals surface area contributed by atoms with E-state index in [9.17, 15) is 8.42 Å². The van der Waals surface area contributed by atoms with Crippen molar-refractivity contribution < 1.29 is 13.2 Å². The molecule has 0 bridgehead atoms. The number of hydrogen-bond donors (Lipinski definition) is 0. The van der Waals surface area contributed by atoms with Crippen LogP contribution in [0.3, 0.4) is 0 Å². The molecule has 2 aromatic carbocycles. The largest absolute Gasteiger partial charge is 0.497 e. The van der Waals surface area contributed by atoms with Crippen LogP contribution in [0.4, 0.5) is 5.69 Å². The molecule has 0 saturated carbocycles. The van der Waals surface area contributed by atoms with Crippen LogP contribution in [0, 0.1) is 0 Å².